The van der Waals surface area contributed by atoms with Crippen LogP contribution in [-0.4, -0.2) is 12.6 Å². The molecular weight excluding hydrogens is 305 g/mol. The highest BCUT2D eigenvalue weighted by molar-refractivity contribution is 9.10. The second-order valence-corrected chi connectivity index (χ2v) is 7.06. The van der Waals surface area contributed by atoms with E-state index in [1.54, 1.807) is 6.07 Å². The molecule has 0 aliphatic carbocycles. The molecule has 1 aromatic carbocycles. The molecule has 0 fully saturated rings. The van der Waals surface area contributed by atoms with Crippen LogP contribution in [0.1, 0.15) is 46.1 Å². The molecule has 1 atom stereocenters. The van der Waals surface area contributed by atoms with Gasteiger partial charge in [0.25, 0.3) is 0 Å². The van der Waals surface area contributed by atoms with Crippen LogP contribution in [0.5, 0.6) is 0 Å². The molecule has 0 aromatic heterocycles. The minimum absolute atomic E-state index is 0.105. The fourth-order valence-electron chi connectivity index (χ4n) is 2.19. The first-order valence-corrected chi connectivity index (χ1v) is 7.81. The average Bonchev–Trinajstić information content (AvgIpc) is 2.31. The second kappa shape index (κ2) is 7.39. The Bertz CT molecular complexity index is 398. The van der Waals surface area contributed by atoms with Crippen molar-refractivity contribution in [2.24, 2.45) is 5.41 Å². The number of hydrogen-bond acceptors (Lipinski definition) is 1. The molecule has 1 unspecified atom stereocenters. The summed E-state index contributed by atoms with van der Waals surface area (Å²) in [6.45, 7) is 9.89. The Morgan fingerprint density at radius 3 is 2.58 bits per heavy atom. The fraction of sp³-hybridized carbons (Fsp3) is 0.625. The molecule has 0 heterocycles. The Labute approximate surface area is 125 Å². The molecule has 1 nitrogen and oxygen atoms in total. The Balaban J connectivity index is 2.67. The average molecular weight is 330 g/mol. The van der Waals surface area contributed by atoms with Gasteiger partial charge in [-0.15, -0.1) is 0 Å². The summed E-state index contributed by atoms with van der Waals surface area (Å²) in [5, 5.41) is 3.58. The monoisotopic (exact) mass is 329 g/mol. The van der Waals surface area contributed by atoms with E-state index in [1.807, 2.05) is 6.07 Å². The van der Waals surface area contributed by atoms with Crippen LogP contribution in [0.2, 0.25) is 0 Å². The SMILES string of the molecule is CCCNC(CCc1cc(Br)ccc1F)C(C)(C)C. The van der Waals surface area contributed by atoms with E-state index in [-0.39, 0.29) is 11.2 Å². The lowest BCUT2D eigenvalue weighted by molar-refractivity contribution is 0.255. The molecule has 1 N–H and O–H groups in total. The highest BCUT2D eigenvalue weighted by atomic mass is 79.9. The maximum absolute atomic E-state index is 13.7. The van der Waals surface area contributed by atoms with Crippen LogP contribution in [0.4, 0.5) is 4.39 Å². The molecule has 0 aliphatic heterocycles. The van der Waals surface area contributed by atoms with E-state index in [4.69, 9.17) is 0 Å². The first-order chi connectivity index (χ1) is 8.84. The van der Waals surface area contributed by atoms with E-state index in [0.717, 1.165) is 35.8 Å². The van der Waals surface area contributed by atoms with Crippen molar-refractivity contribution in [1.82, 2.24) is 5.32 Å². The van der Waals surface area contributed by atoms with Gasteiger partial charge in [0.05, 0.1) is 0 Å². The zero-order valence-electron chi connectivity index (χ0n) is 12.4. The van der Waals surface area contributed by atoms with Gasteiger partial charge in [-0.25, -0.2) is 4.39 Å². The number of hydrogen-bond donors (Lipinski definition) is 1. The van der Waals surface area contributed by atoms with E-state index in [1.165, 1.54) is 6.07 Å². The van der Waals surface area contributed by atoms with E-state index < -0.39 is 0 Å². The third-order valence-electron chi connectivity index (χ3n) is 3.40. The lowest BCUT2D eigenvalue weighted by Crippen LogP contribution is -2.41. The smallest absolute Gasteiger partial charge is 0.126 e. The molecule has 0 radical (unpaired) electrons. The van der Waals surface area contributed by atoms with Gasteiger partial charge in [-0.3, -0.25) is 0 Å². The van der Waals surface area contributed by atoms with Crippen LogP contribution in [0.3, 0.4) is 0 Å². The lowest BCUT2D eigenvalue weighted by Gasteiger charge is -2.32. The van der Waals surface area contributed by atoms with Crippen molar-refractivity contribution in [2.45, 2.75) is 53.0 Å². The third kappa shape index (κ3) is 5.62. The first-order valence-electron chi connectivity index (χ1n) is 7.02. The lowest BCUT2D eigenvalue weighted by atomic mass is 9.83. The molecular formula is C16H25BrFN. The quantitative estimate of drug-likeness (QED) is 0.779. The predicted molar refractivity (Wildman–Crippen MR) is 84.0 cm³/mol. The maximum Gasteiger partial charge on any atom is 0.126 e. The molecule has 1 rings (SSSR count). The number of aryl methyl sites for hydroxylation is 1. The van der Waals surface area contributed by atoms with Crippen molar-refractivity contribution in [3.05, 3.63) is 34.1 Å². The van der Waals surface area contributed by atoms with Gasteiger partial charge in [0.15, 0.2) is 0 Å². The van der Waals surface area contributed by atoms with Crippen molar-refractivity contribution in [3.8, 4) is 0 Å². The van der Waals surface area contributed by atoms with Gasteiger partial charge in [0, 0.05) is 10.5 Å². The van der Waals surface area contributed by atoms with Crippen molar-refractivity contribution < 1.29 is 4.39 Å². The van der Waals surface area contributed by atoms with Crippen LogP contribution >= 0.6 is 15.9 Å². The van der Waals surface area contributed by atoms with E-state index >= 15 is 0 Å². The standard InChI is InChI=1S/C16H25BrFN/c1-5-10-19-15(16(2,3)4)9-6-12-11-13(17)7-8-14(12)18/h7-8,11,15,19H,5-6,9-10H2,1-4H3. The molecule has 19 heavy (non-hydrogen) atoms. The third-order valence-corrected chi connectivity index (χ3v) is 3.89. The van der Waals surface area contributed by atoms with Crippen molar-refractivity contribution >= 4 is 15.9 Å². The van der Waals surface area contributed by atoms with E-state index in [2.05, 4.69) is 48.9 Å². The normalized spacial score (nSPS) is 13.6. The van der Waals surface area contributed by atoms with Crippen LogP contribution in [0, 0.1) is 11.2 Å². The van der Waals surface area contributed by atoms with Crippen LogP contribution in [-0.2, 0) is 6.42 Å². The summed E-state index contributed by atoms with van der Waals surface area (Å²) in [6, 6.07) is 5.57. The summed E-state index contributed by atoms with van der Waals surface area (Å²) in [5.41, 5.74) is 0.986. The summed E-state index contributed by atoms with van der Waals surface area (Å²) in [5.74, 6) is -0.105. The highest BCUT2D eigenvalue weighted by Crippen LogP contribution is 2.25. The molecule has 1 aromatic rings. The molecule has 0 amide bonds. The second-order valence-electron chi connectivity index (χ2n) is 6.15. The summed E-state index contributed by atoms with van der Waals surface area (Å²) >= 11 is 3.40. The first kappa shape index (κ1) is 16.6. The fourth-order valence-corrected chi connectivity index (χ4v) is 2.60. The molecule has 0 saturated carbocycles. The van der Waals surface area contributed by atoms with Crippen molar-refractivity contribution in [2.75, 3.05) is 6.54 Å². The topological polar surface area (TPSA) is 12.0 Å². The molecule has 3 heteroatoms. The minimum Gasteiger partial charge on any atom is -0.313 e. The molecule has 108 valence electrons. The summed E-state index contributed by atoms with van der Waals surface area (Å²) < 4.78 is 14.7. The number of benzene rings is 1. The zero-order valence-corrected chi connectivity index (χ0v) is 14.0. The van der Waals surface area contributed by atoms with Crippen molar-refractivity contribution in [3.63, 3.8) is 0 Å². The van der Waals surface area contributed by atoms with Gasteiger partial charge in [0.1, 0.15) is 5.82 Å². The van der Waals surface area contributed by atoms with Gasteiger partial charge in [-0.2, -0.15) is 0 Å². The van der Waals surface area contributed by atoms with Gasteiger partial charge in [-0.1, -0.05) is 43.6 Å². The summed E-state index contributed by atoms with van der Waals surface area (Å²) in [4.78, 5) is 0. The molecule has 0 saturated heterocycles. The Morgan fingerprint density at radius 1 is 1.32 bits per heavy atom. The van der Waals surface area contributed by atoms with E-state index in [9.17, 15) is 4.39 Å². The Morgan fingerprint density at radius 2 is 2.00 bits per heavy atom. The van der Waals surface area contributed by atoms with Gasteiger partial charge < -0.3 is 5.32 Å². The number of halogens is 2. The Hall–Kier alpha value is -0.410. The number of nitrogens with one attached hydrogen (secondary N) is 1. The number of rotatable bonds is 6. The minimum atomic E-state index is -0.105. The van der Waals surface area contributed by atoms with Crippen LogP contribution < -0.4 is 5.32 Å². The van der Waals surface area contributed by atoms with Gasteiger partial charge >= 0.3 is 0 Å². The molecule has 0 aliphatic rings. The predicted octanol–water partition coefficient (Wildman–Crippen LogP) is 4.94. The molecule has 0 bridgehead atoms. The zero-order chi connectivity index (χ0) is 14.5. The van der Waals surface area contributed by atoms with Gasteiger partial charge in [0.2, 0.25) is 0 Å². The highest BCUT2D eigenvalue weighted by Gasteiger charge is 2.23. The summed E-state index contributed by atoms with van der Waals surface area (Å²) in [7, 11) is 0. The summed E-state index contributed by atoms with van der Waals surface area (Å²) in [6.07, 6.45) is 2.85. The molecule has 0 spiro atoms. The van der Waals surface area contributed by atoms with Crippen LogP contribution in [0.15, 0.2) is 22.7 Å². The van der Waals surface area contributed by atoms with Gasteiger partial charge in [-0.05, 0) is 55.0 Å². The van der Waals surface area contributed by atoms with Crippen LogP contribution in [0.25, 0.3) is 0 Å². The Kier molecular flexibility index (Phi) is 6.48. The maximum atomic E-state index is 13.7. The van der Waals surface area contributed by atoms with Crippen molar-refractivity contribution in [1.29, 1.82) is 0 Å². The largest absolute Gasteiger partial charge is 0.313 e. The van der Waals surface area contributed by atoms with E-state index in [0.29, 0.717) is 6.04 Å².